The number of rotatable bonds is 2. The average Bonchev–Trinajstić information content (AvgIpc) is 2.15. The summed E-state index contributed by atoms with van der Waals surface area (Å²) in [6.45, 7) is 0.896. The molecule has 1 aliphatic heterocycles. The van der Waals surface area contributed by atoms with Crippen LogP contribution in [0.4, 0.5) is 10.1 Å². The first-order valence-electron chi connectivity index (χ1n) is 4.95. The third kappa shape index (κ3) is 1.99. The molecule has 3 nitrogen and oxygen atoms in total. The highest BCUT2D eigenvalue weighted by Gasteiger charge is 2.27. The van der Waals surface area contributed by atoms with E-state index in [4.69, 9.17) is 0 Å². The fourth-order valence-electron chi connectivity index (χ4n) is 1.53. The largest absolute Gasteiger partial charge is 0.314 e. The van der Waals surface area contributed by atoms with Crippen LogP contribution in [0.3, 0.4) is 0 Å². The molecule has 1 amide bonds. The quantitative estimate of drug-likeness (QED) is 0.790. The first-order chi connectivity index (χ1) is 7.18. The molecule has 15 heavy (non-hydrogen) atoms. The Morgan fingerprint density at radius 3 is 2.53 bits per heavy atom. The van der Waals surface area contributed by atoms with Gasteiger partial charge in [0.2, 0.25) is 5.91 Å². The average molecular weight is 208 g/mol. The lowest BCUT2D eigenvalue weighted by atomic mass is 10.1. The monoisotopic (exact) mass is 208 g/mol. The van der Waals surface area contributed by atoms with E-state index in [2.05, 4.69) is 5.32 Å². The zero-order valence-electron chi connectivity index (χ0n) is 8.53. The minimum atomic E-state index is -0.290. The van der Waals surface area contributed by atoms with Crippen molar-refractivity contribution < 1.29 is 9.18 Å². The molecule has 80 valence electrons. The number of halogens is 1. The minimum Gasteiger partial charge on any atom is -0.314 e. The molecular weight excluding hydrogens is 195 g/mol. The second-order valence-corrected chi connectivity index (χ2v) is 3.67. The number of carbonyl (C=O) groups is 1. The van der Waals surface area contributed by atoms with Crippen molar-refractivity contribution in [1.82, 2.24) is 5.32 Å². The number of benzene rings is 1. The number of nitrogens with zero attached hydrogens (tertiary/aromatic N) is 1. The standard InChI is InChI=1S/C11H13FN2O/c1-14(11(15)10-6-7-13-10)9-4-2-8(12)3-5-9/h2-5,10,13H,6-7H2,1H3/t10-/m1/s1. The van der Waals surface area contributed by atoms with Crippen molar-refractivity contribution >= 4 is 11.6 Å². The van der Waals surface area contributed by atoms with Crippen molar-refractivity contribution in [3.8, 4) is 0 Å². The minimum absolute atomic E-state index is 0.0351. The summed E-state index contributed by atoms with van der Waals surface area (Å²) in [6.07, 6.45) is 0.879. The van der Waals surface area contributed by atoms with E-state index in [0.717, 1.165) is 18.7 Å². The normalized spacial score (nSPS) is 19.5. The summed E-state index contributed by atoms with van der Waals surface area (Å²) in [6, 6.07) is 5.85. The zero-order chi connectivity index (χ0) is 10.8. The highest BCUT2D eigenvalue weighted by atomic mass is 19.1. The fourth-order valence-corrected chi connectivity index (χ4v) is 1.53. The number of nitrogens with one attached hydrogen (secondary N) is 1. The maximum atomic E-state index is 12.7. The Kier molecular flexibility index (Phi) is 2.68. The number of anilines is 1. The van der Waals surface area contributed by atoms with E-state index in [-0.39, 0.29) is 17.8 Å². The van der Waals surface area contributed by atoms with E-state index < -0.39 is 0 Å². The molecule has 0 saturated carbocycles. The highest BCUT2D eigenvalue weighted by Crippen LogP contribution is 2.16. The van der Waals surface area contributed by atoms with Gasteiger partial charge in [0.05, 0.1) is 6.04 Å². The summed E-state index contributed by atoms with van der Waals surface area (Å²) in [4.78, 5) is 13.3. The molecule has 1 aromatic rings. The Balaban J connectivity index is 2.09. The van der Waals surface area contributed by atoms with E-state index in [9.17, 15) is 9.18 Å². The van der Waals surface area contributed by atoms with Crippen LogP contribution in [-0.2, 0) is 4.79 Å². The zero-order valence-corrected chi connectivity index (χ0v) is 8.53. The third-order valence-electron chi connectivity index (χ3n) is 2.67. The third-order valence-corrected chi connectivity index (χ3v) is 2.67. The van der Waals surface area contributed by atoms with Gasteiger partial charge in [-0.1, -0.05) is 0 Å². The van der Waals surface area contributed by atoms with Crippen LogP contribution in [0.25, 0.3) is 0 Å². The number of likely N-dealkylation sites (N-methyl/N-ethyl adjacent to an activating group) is 1. The van der Waals surface area contributed by atoms with Crippen molar-refractivity contribution in [2.24, 2.45) is 0 Å². The molecule has 1 saturated heterocycles. The van der Waals surface area contributed by atoms with E-state index in [1.165, 1.54) is 12.1 Å². The molecule has 0 aromatic heterocycles. The molecule has 0 aliphatic carbocycles. The van der Waals surface area contributed by atoms with Crippen molar-refractivity contribution in [3.05, 3.63) is 30.1 Å². The van der Waals surface area contributed by atoms with Gasteiger partial charge in [-0.2, -0.15) is 0 Å². The summed E-state index contributed by atoms with van der Waals surface area (Å²) in [5.41, 5.74) is 0.718. The van der Waals surface area contributed by atoms with Gasteiger partial charge in [0, 0.05) is 12.7 Å². The number of hydrogen-bond acceptors (Lipinski definition) is 2. The van der Waals surface area contributed by atoms with Crippen molar-refractivity contribution in [3.63, 3.8) is 0 Å². The second-order valence-electron chi connectivity index (χ2n) is 3.67. The predicted molar refractivity (Wildman–Crippen MR) is 56.2 cm³/mol. The van der Waals surface area contributed by atoms with Gasteiger partial charge in [-0.25, -0.2) is 4.39 Å². The van der Waals surface area contributed by atoms with Gasteiger partial charge >= 0.3 is 0 Å². The smallest absolute Gasteiger partial charge is 0.243 e. The lowest BCUT2D eigenvalue weighted by Gasteiger charge is -2.30. The molecular formula is C11H13FN2O. The van der Waals surface area contributed by atoms with Crippen LogP contribution in [0.2, 0.25) is 0 Å². The summed E-state index contributed by atoms with van der Waals surface area (Å²) < 4.78 is 12.7. The topological polar surface area (TPSA) is 32.3 Å². The molecule has 0 unspecified atom stereocenters. The molecule has 1 atom stereocenters. The van der Waals surface area contributed by atoms with E-state index in [1.54, 1.807) is 24.1 Å². The van der Waals surface area contributed by atoms with Gasteiger partial charge in [0.1, 0.15) is 5.82 Å². The SMILES string of the molecule is CN(C(=O)[C@H]1CCN1)c1ccc(F)cc1. The predicted octanol–water partition coefficient (Wildman–Crippen LogP) is 1.15. The highest BCUT2D eigenvalue weighted by molar-refractivity contribution is 5.97. The summed E-state index contributed by atoms with van der Waals surface area (Å²) in [5, 5.41) is 3.04. The molecule has 0 bridgehead atoms. The molecule has 1 heterocycles. The Labute approximate surface area is 87.9 Å². The summed E-state index contributed by atoms with van der Waals surface area (Å²) in [5.74, 6) is -0.255. The van der Waals surface area contributed by atoms with Gasteiger partial charge in [0.15, 0.2) is 0 Å². The maximum Gasteiger partial charge on any atom is 0.243 e. The first kappa shape index (κ1) is 10.1. The van der Waals surface area contributed by atoms with Crippen LogP contribution < -0.4 is 10.2 Å². The van der Waals surface area contributed by atoms with Crippen LogP contribution in [-0.4, -0.2) is 25.5 Å². The molecule has 0 spiro atoms. The second kappa shape index (κ2) is 3.98. The fraction of sp³-hybridized carbons (Fsp3) is 0.364. The molecule has 1 N–H and O–H groups in total. The Bertz CT molecular complexity index is 359. The Morgan fingerprint density at radius 1 is 1.47 bits per heavy atom. The number of hydrogen-bond donors (Lipinski definition) is 1. The van der Waals surface area contributed by atoms with Crippen LogP contribution in [0.5, 0.6) is 0 Å². The van der Waals surface area contributed by atoms with Gasteiger partial charge < -0.3 is 10.2 Å². The first-order valence-corrected chi connectivity index (χ1v) is 4.95. The Hall–Kier alpha value is -1.42. The molecule has 0 radical (unpaired) electrons. The lowest BCUT2D eigenvalue weighted by molar-refractivity contribution is -0.121. The number of carbonyl (C=O) groups excluding carboxylic acids is 1. The maximum absolute atomic E-state index is 12.7. The lowest BCUT2D eigenvalue weighted by Crippen LogP contribution is -2.53. The molecule has 2 rings (SSSR count). The van der Waals surface area contributed by atoms with Crippen molar-refractivity contribution in [2.75, 3.05) is 18.5 Å². The van der Waals surface area contributed by atoms with Gasteiger partial charge in [-0.3, -0.25) is 4.79 Å². The van der Waals surface area contributed by atoms with Crippen LogP contribution >= 0.6 is 0 Å². The van der Waals surface area contributed by atoms with Gasteiger partial charge in [-0.15, -0.1) is 0 Å². The molecule has 1 aromatic carbocycles. The van der Waals surface area contributed by atoms with Crippen LogP contribution in [0.1, 0.15) is 6.42 Å². The van der Waals surface area contributed by atoms with Crippen LogP contribution in [0, 0.1) is 5.82 Å². The van der Waals surface area contributed by atoms with E-state index in [0.29, 0.717) is 0 Å². The van der Waals surface area contributed by atoms with Gasteiger partial charge in [0.25, 0.3) is 0 Å². The Morgan fingerprint density at radius 2 is 2.07 bits per heavy atom. The van der Waals surface area contributed by atoms with Crippen molar-refractivity contribution in [2.45, 2.75) is 12.5 Å². The number of amides is 1. The van der Waals surface area contributed by atoms with Crippen molar-refractivity contribution in [1.29, 1.82) is 0 Å². The van der Waals surface area contributed by atoms with Gasteiger partial charge in [-0.05, 0) is 37.2 Å². The van der Waals surface area contributed by atoms with E-state index in [1.807, 2.05) is 0 Å². The molecule has 1 fully saturated rings. The summed E-state index contributed by atoms with van der Waals surface area (Å²) >= 11 is 0. The molecule has 1 aliphatic rings. The van der Waals surface area contributed by atoms with E-state index >= 15 is 0 Å². The van der Waals surface area contributed by atoms with Crippen LogP contribution in [0.15, 0.2) is 24.3 Å². The summed E-state index contributed by atoms with van der Waals surface area (Å²) in [7, 11) is 1.70. The molecule has 4 heteroatoms.